The molecule has 1 N–H and O–H groups in total. The van der Waals surface area contributed by atoms with Gasteiger partial charge in [0, 0.05) is 19.0 Å². The van der Waals surface area contributed by atoms with Crippen molar-refractivity contribution in [3.8, 4) is 17.0 Å². The largest absolute Gasteiger partial charge is 0.496 e. The van der Waals surface area contributed by atoms with E-state index in [4.69, 9.17) is 9.84 Å². The number of aromatic nitrogens is 3. The van der Waals surface area contributed by atoms with Gasteiger partial charge in [-0.05, 0) is 18.1 Å². The Hall–Kier alpha value is -2.37. The van der Waals surface area contributed by atoms with Crippen LogP contribution < -0.4 is 4.74 Å². The van der Waals surface area contributed by atoms with Crippen molar-refractivity contribution in [1.29, 1.82) is 0 Å². The van der Waals surface area contributed by atoms with E-state index in [2.05, 4.69) is 10.2 Å². The fourth-order valence-electron chi connectivity index (χ4n) is 1.83. The SMILES string of the molecule is COc1cc(-c2cnn(C)n2)ccc1CCC(=O)O. The summed E-state index contributed by atoms with van der Waals surface area (Å²) in [6, 6.07) is 5.61. The first-order chi connectivity index (χ1) is 9.10. The number of carbonyl (C=O) groups is 1. The number of hydrogen-bond donors (Lipinski definition) is 1. The first kappa shape index (κ1) is 13.1. The lowest BCUT2D eigenvalue weighted by Gasteiger charge is -2.08. The van der Waals surface area contributed by atoms with Crippen molar-refractivity contribution < 1.29 is 14.6 Å². The molecule has 0 unspecified atom stereocenters. The number of benzene rings is 1. The van der Waals surface area contributed by atoms with Gasteiger partial charge in [-0.3, -0.25) is 4.79 Å². The summed E-state index contributed by atoms with van der Waals surface area (Å²) in [5.74, 6) is -0.149. The van der Waals surface area contributed by atoms with Gasteiger partial charge in [0.05, 0.1) is 13.3 Å². The Bertz CT molecular complexity index is 593. The molecular weight excluding hydrogens is 246 g/mol. The van der Waals surface area contributed by atoms with Crippen LogP contribution in [0.1, 0.15) is 12.0 Å². The second-order valence-corrected chi connectivity index (χ2v) is 4.14. The number of aryl methyl sites for hydroxylation is 2. The zero-order chi connectivity index (χ0) is 13.8. The van der Waals surface area contributed by atoms with E-state index in [1.807, 2.05) is 18.2 Å². The molecule has 0 aliphatic rings. The van der Waals surface area contributed by atoms with Gasteiger partial charge in [-0.15, -0.1) is 0 Å². The average molecular weight is 261 g/mol. The highest BCUT2D eigenvalue weighted by molar-refractivity contribution is 5.68. The van der Waals surface area contributed by atoms with Crippen LogP contribution in [0.3, 0.4) is 0 Å². The third-order valence-corrected chi connectivity index (χ3v) is 2.79. The highest BCUT2D eigenvalue weighted by Gasteiger charge is 2.09. The van der Waals surface area contributed by atoms with E-state index in [-0.39, 0.29) is 6.42 Å². The number of hydrogen-bond acceptors (Lipinski definition) is 4. The van der Waals surface area contributed by atoms with Gasteiger partial charge in [0.1, 0.15) is 11.4 Å². The van der Waals surface area contributed by atoms with Crippen molar-refractivity contribution >= 4 is 5.97 Å². The molecule has 2 aromatic rings. The Morgan fingerprint density at radius 1 is 1.47 bits per heavy atom. The van der Waals surface area contributed by atoms with Gasteiger partial charge in [-0.1, -0.05) is 12.1 Å². The molecule has 6 heteroatoms. The van der Waals surface area contributed by atoms with Gasteiger partial charge >= 0.3 is 5.97 Å². The molecule has 1 aromatic heterocycles. The Balaban J connectivity index is 2.27. The molecule has 6 nitrogen and oxygen atoms in total. The Labute approximate surface area is 110 Å². The highest BCUT2D eigenvalue weighted by Crippen LogP contribution is 2.26. The molecule has 2 rings (SSSR count). The van der Waals surface area contributed by atoms with Crippen LogP contribution in [0.15, 0.2) is 24.4 Å². The molecule has 0 saturated heterocycles. The zero-order valence-corrected chi connectivity index (χ0v) is 10.8. The van der Waals surface area contributed by atoms with E-state index in [0.717, 1.165) is 16.8 Å². The van der Waals surface area contributed by atoms with Crippen molar-refractivity contribution in [1.82, 2.24) is 15.0 Å². The summed E-state index contributed by atoms with van der Waals surface area (Å²) in [6.45, 7) is 0. The van der Waals surface area contributed by atoms with Crippen LogP contribution in [0, 0.1) is 0 Å². The number of aliphatic carboxylic acids is 1. The van der Waals surface area contributed by atoms with Gasteiger partial charge in [-0.2, -0.15) is 15.0 Å². The molecule has 0 atom stereocenters. The van der Waals surface area contributed by atoms with E-state index in [0.29, 0.717) is 12.2 Å². The van der Waals surface area contributed by atoms with E-state index in [1.165, 1.54) is 4.80 Å². The summed E-state index contributed by atoms with van der Waals surface area (Å²) in [4.78, 5) is 12.1. The highest BCUT2D eigenvalue weighted by atomic mass is 16.5. The van der Waals surface area contributed by atoms with Crippen molar-refractivity contribution in [3.05, 3.63) is 30.0 Å². The van der Waals surface area contributed by atoms with Gasteiger partial charge < -0.3 is 9.84 Å². The van der Waals surface area contributed by atoms with Gasteiger partial charge in [-0.25, -0.2) is 0 Å². The summed E-state index contributed by atoms with van der Waals surface area (Å²) in [5.41, 5.74) is 2.52. The fraction of sp³-hybridized carbons (Fsp3) is 0.308. The van der Waals surface area contributed by atoms with Crippen LogP contribution in [0.4, 0.5) is 0 Å². The molecular formula is C13H15N3O3. The molecule has 0 aliphatic carbocycles. The predicted octanol–water partition coefficient (Wildman–Crippen LogP) is 1.51. The van der Waals surface area contributed by atoms with Crippen LogP contribution in [0.5, 0.6) is 5.75 Å². The number of ether oxygens (including phenoxy) is 1. The van der Waals surface area contributed by atoms with Crippen molar-refractivity contribution in [2.24, 2.45) is 7.05 Å². The summed E-state index contributed by atoms with van der Waals surface area (Å²) in [7, 11) is 3.32. The molecule has 0 bridgehead atoms. The van der Waals surface area contributed by atoms with E-state index in [1.54, 1.807) is 20.4 Å². The first-order valence-electron chi connectivity index (χ1n) is 5.85. The number of rotatable bonds is 5. The van der Waals surface area contributed by atoms with E-state index < -0.39 is 5.97 Å². The standard InChI is InChI=1S/C13H15N3O3/c1-16-14-8-11(15-16)10-4-3-9(5-6-13(17)18)12(7-10)19-2/h3-4,7-8H,5-6H2,1-2H3,(H,17,18). The van der Waals surface area contributed by atoms with Crippen LogP contribution in [0.2, 0.25) is 0 Å². The Kier molecular flexibility index (Phi) is 3.79. The topological polar surface area (TPSA) is 77.2 Å². The number of nitrogens with zero attached hydrogens (tertiary/aromatic N) is 3. The molecule has 0 fully saturated rings. The predicted molar refractivity (Wildman–Crippen MR) is 68.9 cm³/mol. The average Bonchev–Trinajstić information content (AvgIpc) is 2.82. The summed E-state index contributed by atoms with van der Waals surface area (Å²) >= 11 is 0. The lowest BCUT2D eigenvalue weighted by Crippen LogP contribution is -2.00. The molecule has 0 aliphatic heterocycles. The molecule has 100 valence electrons. The number of methoxy groups -OCH3 is 1. The van der Waals surface area contributed by atoms with E-state index >= 15 is 0 Å². The van der Waals surface area contributed by atoms with Gasteiger partial charge in [0.25, 0.3) is 0 Å². The Morgan fingerprint density at radius 3 is 2.84 bits per heavy atom. The maximum Gasteiger partial charge on any atom is 0.303 e. The second-order valence-electron chi connectivity index (χ2n) is 4.14. The van der Waals surface area contributed by atoms with E-state index in [9.17, 15) is 4.79 Å². The van der Waals surface area contributed by atoms with Crippen molar-refractivity contribution in [2.75, 3.05) is 7.11 Å². The molecule has 1 heterocycles. The minimum absolute atomic E-state index is 0.0842. The van der Waals surface area contributed by atoms with Crippen LogP contribution in [-0.2, 0) is 18.3 Å². The molecule has 1 aromatic carbocycles. The van der Waals surface area contributed by atoms with Crippen LogP contribution in [0.25, 0.3) is 11.3 Å². The zero-order valence-electron chi connectivity index (χ0n) is 10.8. The summed E-state index contributed by atoms with van der Waals surface area (Å²) in [6.07, 6.45) is 2.20. The summed E-state index contributed by atoms with van der Waals surface area (Å²) in [5, 5.41) is 16.9. The molecule has 0 radical (unpaired) electrons. The van der Waals surface area contributed by atoms with Crippen LogP contribution >= 0.6 is 0 Å². The van der Waals surface area contributed by atoms with Crippen molar-refractivity contribution in [3.63, 3.8) is 0 Å². The fourth-order valence-corrected chi connectivity index (χ4v) is 1.83. The lowest BCUT2D eigenvalue weighted by atomic mass is 10.0. The molecule has 0 spiro atoms. The van der Waals surface area contributed by atoms with Gasteiger partial charge in [0.15, 0.2) is 0 Å². The quantitative estimate of drug-likeness (QED) is 0.882. The third-order valence-electron chi connectivity index (χ3n) is 2.79. The molecule has 19 heavy (non-hydrogen) atoms. The van der Waals surface area contributed by atoms with Crippen LogP contribution in [-0.4, -0.2) is 33.2 Å². The maximum absolute atomic E-state index is 10.6. The monoisotopic (exact) mass is 261 g/mol. The smallest absolute Gasteiger partial charge is 0.303 e. The lowest BCUT2D eigenvalue weighted by molar-refractivity contribution is -0.136. The minimum Gasteiger partial charge on any atom is -0.496 e. The second kappa shape index (κ2) is 5.51. The Morgan fingerprint density at radius 2 is 2.26 bits per heavy atom. The number of carboxylic acids is 1. The molecule has 0 saturated carbocycles. The normalized spacial score (nSPS) is 10.4. The number of carboxylic acid groups (broad SMARTS) is 1. The maximum atomic E-state index is 10.6. The third kappa shape index (κ3) is 3.09. The minimum atomic E-state index is -0.819. The molecule has 0 amide bonds. The van der Waals surface area contributed by atoms with Crippen molar-refractivity contribution in [2.45, 2.75) is 12.8 Å². The summed E-state index contributed by atoms with van der Waals surface area (Å²) < 4.78 is 5.30. The van der Waals surface area contributed by atoms with Gasteiger partial charge in [0.2, 0.25) is 0 Å². The first-order valence-corrected chi connectivity index (χ1v) is 5.85.